The first-order chi connectivity index (χ1) is 9.63. The van der Waals surface area contributed by atoms with Crippen LogP contribution in [-0.2, 0) is 13.1 Å². The van der Waals surface area contributed by atoms with Gasteiger partial charge >= 0.3 is 0 Å². The molecule has 0 unspecified atom stereocenters. The second kappa shape index (κ2) is 6.57. The van der Waals surface area contributed by atoms with Gasteiger partial charge < -0.3 is 10.1 Å². The molecule has 1 aromatic carbocycles. The smallest absolute Gasteiger partial charge is 0.118 e. The Morgan fingerprint density at radius 2 is 2.00 bits per heavy atom. The fourth-order valence-electron chi connectivity index (χ4n) is 2.28. The molecule has 0 aliphatic heterocycles. The topological polar surface area (TPSA) is 39.1 Å². The fraction of sp³-hybridized carbons (Fsp3) is 0.438. The molecule has 20 heavy (non-hydrogen) atoms. The number of hydrogen-bond donors (Lipinski definition) is 1. The van der Waals surface area contributed by atoms with E-state index in [1.54, 1.807) is 7.11 Å². The summed E-state index contributed by atoms with van der Waals surface area (Å²) in [5.41, 5.74) is 3.55. The van der Waals surface area contributed by atoms with Gasteiger partial charge in [-0.15, -0.1) is 0 Å². The number of hydrogen-bond acceptors (Lipinski definition) is 3. The second-order valence-electron chi connectivity index (χ2n) is 4.97. The summed E-state index contributed by atoms with van der Waals surface area (Å²) >= 11 is 0. The van der Waals surface area contributed by atoms with E-state index >= 15 is 0 Å². The third kappa shape index (κ3) is 3.39. The Morgan fingerprint density at radius 1 is 1.30 bits per heavy atom. The number of nitrogens with one attached hydrogen (secondary N) is 1. The first-order valence-corrected chi connectivity index (χ1v) is 7.04. The maximum Gasteiger partial charge on any atom is 0.118 e. The second-order valence-corrected chi connectivity index (χ2v) is 4.97. The molecule has 1 N–H and O–H groups in total. The van der Waals surface area contributed by atoms with Gasteiger partial charge in [0.15, 0.2) is 0 Å². The molecule has 0 aliphatic rings. The Morgan fingerprint density at radius 3 is 2.60 bits per heavy atom. The summed E-state index contributed by atoms with van der Waals surface area (Å²) < 4.78 is 7.22. The van der Waals surface area contributed by atoms with E-state index < -0.39 is 0 Å². The zero-order chi connectivity index (χ0) is 14.5. The zero-order valence-corrected chi connectivity index (χ0v) is 12.7. The number of rotatable bonds is 6. The van der Waals surface area contributed by atoms with Crippen molar-refractivity contribution in [1.29, 1.82) is 0 Å². The number of nitrogens with zero attached hydrogens (tertiary/aromatic N) is 2. The van der Waals surface area contributed by atoms with Crippen LogP contribution in [0.2, 0.25) is 0 Å². The Kier molecular flexibility index (Phi) is 4.79. The van der Waals surface area contributed by atoms with Gasteiger partial charge in [0.05, 0.1) is 18.5 Å². The van der Waals surface area contributed by atoms with Crippen LogP contribution in [0.5, 0.6) is 5.75 Å². The number of ether oxygens (including phenoxy) is 1. The molecule has 2 aromatic rings. The highest BCUT2D eigenvalue weighted by Gasteiger charge is 2.08. The van der Waals surface area contributed by atoms with Crippen molar-refractivity contribution in [2.24, 2.45) is 0 Å². The lowest BCUT2D eigenvalue weighted by Crippen LogP contribution is -2.20. The van der Waals surface area contributed by atoms with Gasteiger partial charge in [0.1, 0.15) is 5.75 Å². The molecule has 0 amide bonds. The van der Waals surface area contributed by atoms with Crippen molar-refractivity contribution in [2.75, 3.05) is 7.11 Å². The minimum absolute atomic E-state index is 0.293. The van der Waals surface area contributed by atoms with Crippen molar-refractivity contribution < 1.29 is 4.74 Å². The summed E-state index contributed by atoms with van der Waals surface area (Å²) in [7, 11) is 1.69. The number of aryl methyl sites for hydroxylation is 2. The summed E-state index contributed by atoms with van der Waals surface area (Å²) in [5, 5.41) is 8.00. The van der Waals surface area contributed by atoms with E-state index in [2.05, 4.69) is 42.5 Å². The summed E-state index contributed by atoms with van der Waals surface area (Å²) in [4.78, 5) is 0. The molecule has 1 aromatic heterocycles. The summed E-state index contributed by atoms with van der Waals surface area (Å²) in [6, 6.07) is 10.6. The predicted octanol–water partition coefficient (Wildman–Crippen LogP) is 3.07. The third-order valence-electron chi connectivity index (χ3n) is 3.49. The molecule has 1 atom stereocenters. The van der Waals surface area contributed by atoms with Gasteiger partial charge in [-0.05, 0) is 44.5 Å². The lowest BCUT2D eigenvalue weighted by molar-refractivity contribution is 0.414. The predicted molar refractivity (Wildman–Crippen MR) is 80.9 cm³/mol. The Labute approximate surface area is 120 Å². The highest BCUT2D eigenvalue weighted by Crippen LogP contribution is 2.17. The molecular weight excluding hydrogens is 250 g/mol. The minimum atomic E-state index is 0.293. The van der Waals surface area contributed by atoms with Crippen molar-refractivity contribution in [3.05, 3.63) is 47.3 Å². The first-order valence-electron chi connectivity index (χ1n) is 7.04. The molecule has 0 saturated heterocycles. The lowest BCUT2D eigenvalue weighted by Gasteiger charge is -2.15. The van der Waals surface area contributed by atoms with Crippen molar-refractivity contribution in [3.63, 3.8) is 0 Å². The molecule has 0 spiro atoms. The molecule has 0 fully saturated rings. The Bertz CT molecular complexity index is 545. The van der Waals surface area contributed by atoms with Gasteiger partial charge in [-0.2, -0.15) is 5.10 Å². The highest BCUT2D eigenvalue weighted by atomic mass is 16.5. The molecule has 4 nitrogen and oxygen atoms in total. The minimum Gasteiger partial charge on any atom is -0.497 e. The maximum absolute atomic E-state index is 5.18. The van der Waals surface area contributed by atoms with E-state index in [9.17, 15) is 0 Å². The summed E-state index contributed by atoms with van der Waals surface area (Å²) in [6.07, 6.45) is 0. The Balaban J connectivity index is 1.98. The van der Waals surface area contributed by atoms with E-state index in [1.165, 1.54) is 11.3 Å². The van der Waals surface area contributed by atoms with Crippen LogP contribution in [0.1, 0.15) is 36.8 Å². The fourth-order valence-corrected chi connectivity index (χ4v) is 2.28. The van der Waals surface area contributed by atoms with Crippen LogP contribution in [0.3, 0.4) is 0 Å². The van der Waals surface area contributed by atoms with Crippen molar-refractivity contribution in [2.45, 2.75) is 39.9 Å². The molecule has 0 saturated carbocycles. The van der Waals surface area contributed by atoms with Crippen LogP contribution in [0.25, 0.3) is 0 Å². The maximum atomic E-state index is 5.18. The van der Waals surface area contributed by atoms with E-state index in [1.807, 2.05) is 23.7 Å². The average Bonchev–Trinajstić information content (AvgIpc) is 2.85. The van der Waals surface area contributed by atoms with Gasteiger partial charge in [0.25, 0.3) is 0 Å². The number of aromatic nitrogens is 2. The molecule has 0 bridgehead atoms. The molecule has 1 heterocycles. The average molecular weight is 273 g/mol. The van der Waals surface area contributed by atoms with E-state index in [0.717, 1.165) is 24.5 Å². The lowest BCUT2D eigenvalue weighted by atomic mass is 10.1. The summed E-state index contributed by atoms with van der Waals surface area (Å²) in [5.74, 6) is 0.889. The van der Waals surface area contributed by atoms with E-state index in [0.29, 0.717) is 6.04 Å². The normalized spacial score (nSPS) is 12.4. The van der Waals surface area contributed by atoms with Crippen LogP contribution < -0.4 is 10.1 Å². The third-order valence-corrected chi connectivity index (χ3v) is 3.49. The van der Waals surface area contributed by atoms with E-state index in [4.69, 9.17) is 4.74 Å². The number of benzene rings is 1. The standard InChI is InChI=1S/C16H23N3O/c1-5-19-15(10-12(2)18-19)11-17-13(3)14-6-8-16(20-4)9-7-14/h6-10,13,17H,5,11H2,1-4H3/t13-/m0/s1. The highest BCUT2D eigenvalue weighted by molar-refractivity contribution is 5.28. The van der Waals surface area contributed by atoms with Crippen LogP contribution in [-0.4, -0.2) is 16.9 Å². The monoisotopic (exact) mass is 273 g/mol. The van der Waals surface area contributed by atoms with Gasteiger partial charge in [-0.1, -0.05) is 12.1 Å². The van der Waals surface area contributed by atoms with Crippen LogP contribution in [0.4, 0.5) is 0 Å². The van der Waals surface area contributed by atoms with Gasteiger partial charge in [0, 0.05) is 19.1 Å². The molecule has 0 radical (unpaired) electrons. The van der Waals surface area contributed by atoms with Crippen molar-refractivity contribution >= 4 is 0 Å². The van der Waals surface area contributed by atoms with Crippen LogP contribution >= 0.6 is 0 Å². The largest absolute Gasteiger partial charge is 0.497 e. The van der Waals surface area contributed by atoms with Gasteiger partial charge in [0.2, 0.25) is 0 Å². The van der Waals surface area contributed by atoms with Gasteiger partial charge in [-0.3, -0.25) is 4.68 Å². The molecule has 108 valence electrons. The quantitative estimate of drug-likeness (QED) is 0.879. The van der Waals surface area contributed by atoms with Crippen molar-refractivity contribution in [1.82, 2.24) is 15.1 Å². The molecule has 2 rings (SSSR count). The van der Waals surface area contributed by atoms with Crippen LogP contribution in [0, 0.1) is 6.92 Å². The number of methoxy groups -OCH3 is 1. The summed E-state index contributed by atoms with van der Waals surface area (Å²) in [6.45, 7) is 8.04. The molecular formula is C16H23N3O. The van der Waals surface area contributed by atoms with Gasteiger partial charge in [-0.25, -0.2) is 0 Å². The van der Waals surface area contributed by atoms with Crippen molar-refractivity contribution in [3.8, 4) is 5.75 Å². The Hall–Kier alpha value is -1.81. The molecule has 0 aliphatic carbocycles. The SMILES string of the molecule is CCn1nc(C)cc1CN[C@@H](C)c1ccc(OC)cc1. The molecule has 4 heteroatoms. The zero-order valence-electron chi connectivity index (χ0n) is 12.7. The van der Waals surface area contributed by atoms with E-state index in [-0.39, 0.29) is 0 Å². The first kappa shape index (κ1) is 14.6. The van der Waals surface area contributed by atoms with Crippen LogP contribution in [0.15, 0.2) is 30.3 Å².